The Morgan fingerprint density at radius 3 is 2.40 bits per heavy atom. The smallest absolute Gasteiger partial charge is 0.324 e. The van der Waals surface area contributed by atoms with E-state index in [1.807, 2.05) is 32.0 Å². The maximum absolute atomic E-state index is 13.6. The summed E-state index contributed by atoms with van der Waals surface area (Å²) in [6, 6.07) is 15.3. The van der Waals surface area contributed by atoms with E-state index in [2.05, 4.69) is 36.3 Å². The van der Waals surface area contributed by atoms with Crippen LogP contribution in [-0.2, 0) is 19.0 Å². The van der Waals surface area contributed by atoms with E-state index in [4.69, 9.17) is 0 Å². The summed E-state index contributed by atoms with van der Waals surface area (Å²) in [5.41, 5.74) is 4.53. The Balaban J connectivity index is 0.00000158. The zero-order valence-electron chi connectivity index (χ0n) is 22.8. The molecule has 10 heteroatoms. The summed E-state index contributed by atoms with van der Waals surface area (Å²) in [5.74, 6) is -1.05. The highest BCUT2D eigenvalue weighted by Gasteiger charge is 2.37. The lowest BCUT2D eigenvalue weighted by atomic mass is 10.0. The highest BCUT2D eigenvalue weighted by molar-refractivity contribution is 5.60. The van der Waals surface area contributed by atoms with Crippen molar-refractivity contribution in [2.24, 2.45) is 0 Å². The van der Waals surface area contributed by atoms with Crippen molar-refractivity contribution >= 4 is 11.6 Å². The lowest BCUT2D eigenvalue weighted by Gasteiger charge is -2.25. The van der Waals surface area contributed by atoms with Gasteiger partial charge in [-0.1, -0.05) is 26.0 Å². The van der Waals surface area contributed by atoms with E-state index in [9.17, 15) is 13.2 Å². The van der Waals surface area contributed by atoms with Gasteiger partial charge in [-0.05, 0) is 99.1 Å². The second kappa shape index (κ2) is 12.2. The number of anilines is 2. The van der Waals surface area contributed by atoms with Crippen molar-refractivity contribution in [2.75, 3.05) is 18.4 Å². The number of likely N-dealkylation sites (tertiary alicyclic amines) is 1. The average molecular weight is 550 g/mol. The normalized spacial score (nSPS) is 17.5. The lowest BCUT2D eigenvalue weighted by molar-refractivity contribution is -0.144. The molecule has 40 heavy (non-hydrogen) atoms. The molecule has 0 spiro atoms. The Hall–Kier alpha value is -3.79. The Morgan fingerprint density at radius 1 is 0.900 bits per heavy atom. The molecule has 1 aliphatic heterocycles. The summed E-state index contributed by atoms with van der Waals surface area (Å²) in [4.78, 5) is 15.1. The molecule has 1 aliphatic carbocycles. The van der Waals surface area contributed by atoms with Crippen LogP contribution in [0.4, 0.5) is 24.8 Å². The highest BCUT2D eigenvalue weighted by Crippen LogP contribution is 2.32. The molecule has 4 aromatic rings. The third-order valence-corrected chi connectivity index (χ3v) is 7.38. The summed E-state index contributed by atoms with van der Waals surface area (Å²) >= 11 is 0. The molecule has 7 nitrogen and oxygen atoms in total. The van der Waals surface area contributed by atoms with Gasteiger partial charge in [0.15, 0.2) is 5.82 Å². The number of hydrogen-bond donors (Lipinski definition) is 1. The molecule has 1 aromatic carbocycles. The largest absolute Gasteiger partial charge is 0.453 e. The topological polar surface area (TPSA) is 71.8 Å². The standard InChI is InChI=1S/C28H28F3N7.C2H6/c29-28(30,31)26-35-27(38(36-26)25-7-3-6-24(34-25)21-5-4-14-32-18-21)33-22-11-8-19-9-12-23(13-10-20(19)17-22)37-15-1-2-16-37;1-2/h3-8,11,14,17-18,23H,1-2,9-10,12-13,15-16H2,(H,33,35,36);1-2H3. The van der Waals surface area contributed by atoms with E-state index in [1.54, 1.807) is 36.7 Å². The van der Waals surface area contributed by atoms with E-state index in [0.717, 1.165) is 35.9 Å². The van der Waals surface area contributed by atoms with Gasteiger partial charge < -0.3 is 10.2 Å². The maximum atomic E-state index is 13.6. The van der Waals surface area contributed by atoms with Gasteiger partial charge >= 0.3 is 6.18 Å². The molecule has 0 saturated carbocycles. The molecule has 3 aromatic heterocycles. The van der Waals surface area contributed by atoms with E-state index in [1.165, 1.54) is 37.1 Å². The zero-order valence-corrected chi connectivity index (χ0v) is 22.8. The van der Waals surface area contributed by atoms with Gasteiger partial charge in [0.1, 0.15) is 0 Å². The lowest BCUT2D eigenvalue weighted by Crippen LogP contribution is -2.32. The number of nitrogens with one attached hydrogen (secondary N) is 1. The third-order valence-electron chi connectivity index (χ3n) is 7.38. The second-order valence-corrected chi connectivity index (χ2v) is 9.87. The van der Waals surface area contributed by atoms with Gasteiger partial charge in [0.2, 0.25) is 5.95 Å². The number of hydrogen-bond acceptors (Lipinski definition) is 6. The van der Waals surface area contributed by atoms with Gasteiger partial charge in [-0.15, -0.1) is 5.10 Å². The van der Waals surface area contributed by atoms with Crippen LogP contribution in [0.3, 0.4) is 0 Å². The Kier molecular flexibility index (Phi) is 8.44. The zero-order chi connectivity index (χ0) is 28.1. The van der Waals surface area contributed by atoms with Crippen LogP contribution < -0.4 is 5.32 Å². The number of fused-ring (bicyclic) bond motifs is 1. The predicted octanol–water partition coefficient (Wildman–Crippen LogP) is 6.86. The Morgan fingerprint density at radius 2 is 1.68 bits per heavy atom. The third kappa shape index (κ3) is 6.17. The molecule has 0 amide bonds. The number of nitrogens with zero attached hydrogens (tertiary/aromatic N) is 6. The first-order chi connectivity index (χ1) is 19.4. The summed E-state index contributed by atoms with van der Waals surface area (Å²) in [5, 5.41) is 6.86. The molecule has 1 N–H and O–H groups in total. The van der Waals surface area contributed by atoms with Crippen molar-refractivity contribution in [2.45, 2.75) is 64.6 Å². The molecule has 2 aliphatic rings. The van der Waals surface area contributed by atoms with Crippen LogP contribution in [-0.4, -0.2) is 48.8 Å². The molecule has 0 bridgehead atoms. The molecule has 1 saturated heterocycles. The van der Waals surface area contributed by atoms with Crippen molar-refractivity contribution in [3.63, 3.8) is 0 Å². The van der Waals surface area contributed by atoms with Crippen molar-refractivity contribution < 1.29 is 13.2 Å². The first-order valence-electron chi connectivity index (χ1n) is 14.0. The predicted molar refractivity (Wildman–Crippen MR) is 150 cm³/mol. The minimum atomic E-state index is -4.69. The van der Waals surface area contributed by atoms with Crippen LogP contribution in [0.25, 0.3) is 17.1 Å². The van der Waals surface area contributed by atoms with Gasteiger partial charge in [0, 0.05) is 29.7 Å². The quantitative estimate of drug-likeness (QED) is 0.274. The highest BCUT2D eigenvalue weighted by atomic mass is 19.4. The molecule has 0 radical (unpaired) electrons. The maximum Gasteiger partial charge on any atom is 0.453 e. The van der Waals surface area contributed by atoms with Gasteiger partial charge in [-0.3, -0.25) is 4.98 Å². The van der Waals surface area contributed by atoms with Gasteiger partial charge in [0.05, 0.1) is 5.69 Å². The minimum absolute atomic E-state index is 0.0447. The molecular formula is C30H34F3N7. The molecule has 1 atom stereocenters. The van der Waals surface area contributed by atoms with Crippen LogP contribution in [0.5, 0.6) is 0 Å². The number of benzene rings is 1. The second-order valence-electron chi connectivity index (χ2n) is 9.87. The van der Waals surface area contributed by atoms with Crippen molar-refractivity contribution in [1.82, 2.24) is 29.6 Å². The summed E-state index contributed by atoms with van der Waals surface area (Å²) in [6.45, 7) is 6.36. The van der Waals surface area contributed by atoms with Crippen LogP contribution >= 0.6 is 0 Å². The fourth-order valence-corrected chi connectivity index (χ4v) is 5.46. The van der Waals surface area contributed by atoms with Crippen LogP contribution in [0.1, 0.15) is 56.5 Å². The Bertz CT molecular complexity index is 1410. The number of halogens is 3. The van der Waals surface area contributed by atoms with E-state index in [-0.39, 0.29) is 11.8 Å². The summed E-state index contributed by atoms with van der Waals surface area (Å²) < 4.78 is 42.0. The van der Waals surface area contributed by atoms with Gasteiger partial charge in [-0.2, -0.15) is 22.8 Å². The summed E-state index contributed by atoms with van der Waals surface area (Å²) in [7, 11) is 0. The molecule has 1 unspecified atom stereocenters. The minimum Gasteiger partial charge on any atom is -0.324 e. The van der Waals surface area contributed by atoms with Crippen LogP contribution in [0.15, 0.2) is 60.9 Å². The SMILES string of the molecule is CC.FC(F)(F)c1nc(Nc2ccc3c(c2)CCC(N2CCCC2)CC3)n(-c2cccc(-c3cccnc3)n2)n1. The summed E-state index contributed by atoms with van der Waals surface area (Å²) in [6.07, 6.45) is 5.35. The number of pyridine rings is 2. The number of aryl methyl sites for hydroxylation is 2. The van der Waals surface area contributed by atoms with E-state index in [0.29, 0.717) is 17.4 Å². The number of rotatable bonds is 5. The monoisotopic (exact) mass is 549 g/mol. The molecule has 210 valence electrons. The van der Waals surface area contributed by atoms with Crippen molar-refractivity contribution in [3.05, 3.63) is 77.9 Å². The van der Waals surface area contributed by atoms with Crippen LogP contribution in [0.2, 0.25) is 0 Å². The number of alkyl halides is 3. The van der Waals surface area contributed by atoms with E-state index >= 15 is 0 Å². The van der Waals surface area contributed by atoms with Gasteiger partial charge in [0.25, 0.3) is 5.82 Å². The first-order valence-corrected chi connectivity index (χ1v) is 14.0. The molecular weight excluding hydrogens is 515 g/mol. The van der Waals surface area contributed by atoms with Crippen molar-refractivity contribution in [1.29, 1.82) is 0 Å². The molecule has 4 heterocycles. The fraction of sp³-hybridized carbons (Fsp3) is 0.400. The Labute approximate surface area is 232 Å². The van der Waals surface area contributed by atoms with Crippen molar-refractivity contribution in [3.8, 4) is 17.1 Å². The van der Waals surface area contributed by atoms with Gasteiger partial charge in [-0.25, -0.2) is 4.98 Å². The number of aromatic nitrogens is 5. The van der Waals surface area contributed by atoms with Crippen LogP contribution in [0, 0.1) is 0 Å². The molecule has 1 fully saturated rings. The molecule has 6 rings (SSSR count). The van der Waals surface area contributed by atoms with E-state index < -0.39 is 12.0 Å². The average Bonchev–Trinajstić information content (AvgIpc) is 3.62. The fourth-order valence-electron chi connectivity index (χ4n) is 5.46. The first kappa shape index (κ1) is 27.8.